The van der Waals surface area contributed by atoms with E-state index in [1.807, 2.05) is 27.7 Å². The van der Waals surface area contributed by atoms with Crippen molar-refractivity contribution >= 4 is 15.8 Å². The number of aromatic nitrogens is 4. The van der Waals surface area contributed by atoms with E-state index in [0.29, 0.717) is 5.82 Å². The summed E-state index contributed by atoms with van der Waals surface area (Å²) >= 11 is 0. The van der Waals surface area contributed by atoms with Crippen molar-refractivity contribution < 1.29 is 12.8 Å². The first-order valence-corrected chi connectivity index (χ1v) is 9.72. The van der Waals surface area contributed by atoms with Crippen molar-refractivity contribution in [3.8, 4) is 5.69 Å². The third-order valence-electron chi connectivity index (χ3n) is 3.75. The van der Waals surface area contributed by atoms with Crippen LogP contribution in [0.5, 0.6) is 0 Å². The van der Waals surface area contributed by atoms with Gasteiger partial charge in [-0.3, -0.25) is 4.72 Å². The summed E-state index contributed by atoms with van der Waals surface area (Å²) in [5, 5.41) is 4.03. The quantitative estimate of drug-likeness (QED) is 0.740. The third-order valence-corrected chi connectivity index (χ3v) is 5.11. The largest absolute Gasteiger partial charge is 0.263 e. The zero-order valence-electron chi connectivity index (χ0n) is 15.4. The van der Waals surface area contributed by atoms with Crippen LogP contribution in [0.15, 0.2) is 47.8 Å². The molecule has 0 aliphatic rings. The summed E-state index contributed by atoms with van der Waals surface area (Å²) in [6.45, 7) is 7.60. The van der Waals surface area contributed by atoms with Crippen LogP contribution in [-0.4, -0.2) is 28.2 Å². The van der Waals surface area contributed by atoms with E-state index in [2.05, 4.69) is 19.8 Å². The molecule has 7 nitrogen and oxygen atoms in total. The van der Waals surface area contributed by atoms with Crippen molar-refractivity contribution in [3.63, 3.8) is 0 Å². The second kappa shape index (κ2) is 6.73. The molecule has 27 heavy (non-hydrogen) atoms. The first kappa shape index (κ1) is 19.0. The molecular weight excluding hydrogens is 369 g/mol. The third kappa shape index (κ3) is 4.13. The van der Waals surface area contributed by atoms with E-state index in [-0.39, 0.29) is 21.8 Å². The zero-order valence-corrected chi connectivity index (χ0v) is 16.2. The van der Waals surface area contributed by atoms with Crippen LogP contribution in [0.4, 0.5) is 10.2 Å². The van der Waals surface area contributed by atoms with E-state index in [1.54, 1.807) is 12.4 Å². The van der Waals surface area contributed by atoms with E-state index < -0.39 is 15.8 Å². The maximum atomic E-state index is 14.5. The van der Waals surface area contributed by atoms with E-state index in [9.17, 15) is 12.8 Å². The first-order valence-electron chi connectivity index (χ1n) is 8.24. The SMILES string of the molecule is Cc1cnn(-c2ccc(S(=O)(=O)Nc3ccnc(C(C)(C)C)n3)cc2F)c1. The molecule has 2 heterocycles. The fraction of sp³-hybridized carbons (Fsp3) is 0.278. The molecule has 0 atom stereocenters. The number of nitrogens with one attached hydrogen (secondary N) is 1. The Balaban J connectivity index is 1.91. The molecule has 0 amide bonds. The number of hydrogen-bond donors (Lipinski definition) is 1. The molecule has 0 aliphatic carbocycles. The van der Waals surface area contributed by atoms with E-state index >= 15 is 0 Å². The molecule has 0 radical (unpaired) electrons. The average Bonchev–Trinajstić information content (AvgIpc) is 3.00. The summed E-state index contributed by atoms with van der Waals surface area (Å²) < 4.78 is 43.4. The van der Waals surface area contributed by atoms with E-state index in [1.165, 1.54) is 29.1 Å². The number of halogens is 1. The highest BCUT2D eigenvalue weighted by atomic mass is 32.2. The number of benzene rings is 1. The van der Waals surface area contributed by atoms with Gasteiger partial charge in [-0.25, -0.2) is 27.5 Å². The van der Waals surface area contributed by atoms with Gasteiger partial charge in [-0.2, -0.15) is 5.10 Å². The molecule has 2 aromatic heterocycles. The van der Waals surface area contributed by atoms with Crippen LogP contribution < -0.4 is 4.72 Å². The highest BCUT2D eigenvalue weighted by Gasteiger charge is 2.21. The fourth-order valence-electron chi connectivity index (χ4n) is 2.36. The Hall–Kier alpha value is -2.81. The summed E-state index contributed by atoms with van der Waals surface area (Å²) in [5.74, 6) is -0.0700. The molecule has 0 aliphatic heterocycles. The van der Waals surface area contributed by atoms with Gasteiger partial charge in [-0.1, -0.05) is 20.8 Å². The van der Waals surface area contributed by atoms with Crippen LogP contribution in [0, 0.1) is 12.7 Å². The number of hydrogen-bond acceptors (Lipinski definition) is 5. The highest BCUT2D eigenvalue weighted by molar-refractivity contribution is 7.92. The molecule has 0 spiro atoms. The van der Waals surface area contributed by atoms with Gasteiger partial charge >= 0.3 is 0 Å². The van der Waals surface area contributed by atoms with Gasteiger partial charge in [0.1, 0.15) is 23.1 Å². The monoisotopic (exact) mass is 389 g/mol. The van der Waals surface area contributed by atoms with Gasteiger partial charge < -0.3 is 0 Å². The molecule has 0 saturated carbocycles. The highest BCUT2D eigenvalue weighted by Crippen LogP contribution is 2.22. The van der Waals surface area contributed by atoms with Gasteiger partial charge in [-0.15, -0.1) is 0 Å². The second-order valence-electron chi connectivity index (χ2n) is 7.20. The Labute approximate surface area is 157 Å². The van der Waals surface area contributed by atoms with Gasteiger partial charge in [0.25, 0.3) is 10.0 Å². The Bertz CT molecular complexity index is 1090. The predicted octanol–water partition coefficient (Wildman–Crippen LogP) is 3.21. The lowest BCUT2D eigenvalue weighted by Crippen LogP contribution is -2.19. The second-order valence-corrected chi connectivity index (χ2v) is 8.88. The molecule has 3 rings (SSSR count). The lowest BCUT2D eigenvalue weighted by Gasteiger charge is -2.17. The molecule has 9 heteroatoms. The number of aryl methyl sites for hydroxylation is 1. The topological polar surface area (TPSA) is 89.8 Å². The van der Waals surface area contributed by atoms with Gasteiger partial charge in [0, 0.05) is 17.8 Å². The zero-order chi connectivity index (χ0) is 19.8. The average molecular weight is 389 g/mol. The number of rotatable bonds is 4. The molecule has 1 N–H and O–H groups in total. The predicted molar refractivity (Wildman–Crippen MR) is 99.8 cm³/mol. The van der Waals surface area contributed by atoms with Crippen molar-refractivity contribution in [2.45, 2.75) is 38.0 Å². The Kier molecular flexibility index (Phi) is 4.73. The summed E-state index contributed by atoms with van der Waals surface area (Å²) in [7, 11) is -4.00. The normalized spacial score (nSPS) is 12.2. The molecule has 0 bridgehead atoms. The van der Waals surface area contributed by atoms with Gasteiger partial charge in [-0.05, 0) is 36.8 Å². The minimum atomic E-state index is -4.00. The Morgan fingerprint density at radius 3 is 2.52 bits per heavy atom. The Morgan fingerprint density at radius 2 is 1.93 bits per heavy atom. The lowest BCUT2D eigenvalue weighted by atomic mass is 9.96. The molecule has 0 fully saturated rings. The molecule has 3 aromatic rings. The summed E-state index contributed by atoms with van der Waals surface area (Å²) in [5.41, 5.74) is 0.696. The maximum Gasteiger partial charge on any atom is 0.263 e. The van der Waals surface area contributed by atoms with E-state index in [4.69, 9.17) is 0 Å². The van der Waals surface area contributed by atoms with Crippen molar-refractivity contribution in [2.75, 3.05) is 4.72 Å². The van der Waals surface area contributed by atoms with Crippen molar-refractivity contribution in [1.29, 1.82) is 0 Å². The van der Waals surface area contributed by atoms with Crippen LogP contribution in [-0.2, 0) is 15.4 Å². The van der Waals surface area contributed by atoms with Crippen molar-refractivity contribution in [1.82, 2.24) is 19.7 Å². The first-order chi connectivity index (χ1) is 12.6. The van der Waals surface area contributed by atoms with Crippen LogP contribution in [0.1, 0.15) is 32.2 Å². The van der Waals surface area contributed by atoms with E-state index in [0.717, 1.165) is 11.6 Å². The van der Waals surface area contributed by atoms with Crippen LogP contribution in [0.25, 0.3) is 5.69 Å². The fourth-order valence-corrected chi connectivity index (χ4v) is 3.37. The maximum absolute atomic E-state index is 14.5. The summed E-state index contributed by atoms with van der Waals surface area (Å²) in [4.78, 5) is 8.19. The van der Waals surface area contributed by atoms with Gasteiger partial charge in [0.05, 0.1) is 11.1 Å². The van der Waals surface area contributed by atoms with Crippen LogP contribution in [0.2, 0.25) is 0 Å². The molecule has 142 valence electrons. The summed E-state index contributed by atoms with van der Waals surface area (Å²) in [6.07, 6.45) is 4.72. The minimum Gasteiger partial charge on any atom is -0.263 e. The standard InChI is InChI=1S/C18H20FN5O2S/c1-12-10-21-24(11-12)15-6-5-13(9-14(15)19)27(25,26)23-16-7-8-20-17(22-16)18(2,3)4/h5-11H,1-4H3,(H,20,22,23). The van der Waals surface area contributed by atoms with Crippen molar-refractivity contribution in [3.05, 3.63) is 60.1 Å². The number of anilines is 1. The molecule has 0 saturated heterocycles. The molecular formula is C18H20FN5O2S. The van der Waals surface area contributed by atoms with Crippen molar-refractivity contribution in [2.24, 2.45) is 0 Å². The number of nitrogens with zero attached hydrogens (tertiary/aromatic N) is 4. The number of sulfonamides is 1. The molecule has 1 aromatic carbocycles. The molecule has 0 unspecified atom stereocenters. The smallest absolute Gasteiger partial charge is 0.263 e. The van der Waals surface area contributed by atoms with Crippen LogP contribution >= 0.6 is 0 Å². The minimum absolute atomic E-state index is 0.127. The van der Waals surface area contributed by atoms with Gasteiger partial charge in [0.15, 0.2) is 0 Å². The van der Waals surface area contributed by atoms with Gasteiger partial charge in [0.2, 0.25) is 0 Å². The summed E-state index contributed by atoms with van der Waals surface area (Å²) in [6, 6.07) is 5.10. The van der Waals surface area contributed by atoms with Crippen LogP contribution in [0.3, 0.4) is 0 Å². The Morgan fingerprint density at radius 1 is 1.19 bits per heavy atom. The lowest BCUT2D eigenvalue weighted by molar-refractivity contribution is 0.546.